The summed E-state index contributed by atoms with van der Waals surface area (Å²) in [6.45, 7) is 11.1. The normalized spacial score (nSPS) is 20.6. The molecule has 1 atom stereocenters. The second-order valence-electron chi connectivity index (χ2n) is 8.43. The van der Waals surface area contributed by atoms with Crippen molar-refractivity contribution in [2.24, 2.45) is 0 Å². The number of morpholine rings is 2. The smallest absolute Gasteiger partial charge is 0.253 e. The van der Waals surface area contributed by atoms with Crippen LogP contribution in [0.4, 0.5) is 0 Å². The molecular formula is C24H33N3O3S. The number of carbonyl (C=O) groups is 1. The monoisotopic (exact) mass is 443 g/mol. The van der Waals surface area contributed by atoms with E-state index in [2.05, 4.69) is 26.6 Å². The molecule has 2 aromatic rings. The van der Waals surface area contributed by atoms with Crippen LogP contribution in [0.25, 0.3) is 0 Å². The third-order valence-electron chi connectivity index (χ3n) is 6.01. The molecule has 0 radical (unpaired) electrons. The molecule has 0 bridgehead atoms. The number of carbonyl (C=O) groups excluding carboxylic acids is 1. The molecule has 6 nitrogen and oxygen atoms in total. The number of ether oxygens (including phenoxy) is 2. The minimum atomic E-state index is 0.0338. The van der Waals surface area contributed by atoms with Crippen molar-refractivity contribution in [3.8, 4) is 0 Å². The Morgan fingerprint density at radius 2 is 1.87 bits per heavy atom. The average molecular weight is 444 g/mol. The zero-order valence-corrected chi connectivity index (χ0v) is 19.2. The van der Waals surface area contributed by atoms with E-state index >= 15 is 0 Å². The van der Waals surface area contributed by atoms with Crippen LogP contribution in [-0.4, -0.2) is 92.3 Å². The zero-order valence-electron chi connectivity index (χ0n) is 18.4. The highest BCUT2D eigenvalue weighted by Crippen LogP contribution is 2.15. The Morgan fingerprint density at radius 1 is 1.10 bits per heavy atom. The molecule has 2 aliphatic rings. The maximum absolute atomic E-state index is 13.4. The van der Waals surface area contributed by atoms with Gasteiger partial charge < -0.3 is 14.4 Å². The lowest BCUT2D eigenvalue weighted by atomic mass is 10.1. The molecule has 4 rings (SSSR count). The number of thiophene rings is 1. The molecule has 0 spiro atoms. The van der Waals surface area contributed by atoms with Crippen molar-refractivity contribution in [1.29, 1.82) is 0 Å². The molecule has 2 saturated heterocycles. The molecule has 2 fully saturated rings. The van der Waals surface area contributed by atoms with Gasteiger partial charge in [0.15, 0.2) is 0 Å². The first-order valence-corrected chi connectivity index (χ1v) is 12.1. The summed E-state index contributed by atoms with van der Waals surface area (Å²) in [7, 11) is 0. The fourth-order valence-corrected chi connectivity index (χ4v) is 4.82. The largest absolute Gasteiger partial charge is 0.379 e. The van der Waals surface area contributed by atoms with Crippen LogP contribution in [0.15, 0.2) is 41.1 Å². The molecule has 0 N–H and O–H groups in total. The van der Waals surface area contributed by atoms with E-state index in [1.165, 1.54) is 5.56 Å². The molecule has 1 amide bonds. The lowest BCUT2D eigenvalue weighted by Crippen LogP contribution is -2.50. The van der Waals surface area contributed by atoms with Gasteiger partial charge in [-0.2, -0.15) is 11.3 Å². The van der Waals surface area contributed by atoms with Gasteiger partial charge in [0.05, 0.1) is 25.9 Å². The highest BCUT2D eigenvalue weighted by atomic mass is 32.1. The quantitative estimate of drug-likeness (QED) is 0.628. The summed E-state index contributed by atoms with van der Waals surface area (Å²) in [6.07, 6.45) is 0.0338. The van der Waals surface area contributed by atoms with Gasteiger partial charge in [0, 0.05) is 57.9 Å². The summed E-state index contributed by atoms with van der Waals surface area (Å²) in [5.41, 5.74) is 3.26. The summed E-state index contributed by atoms with van der Waals surface area (Å²) in [6, 6.07) is 10.1. The number of hydrogen-bond donors (Lipinski definition) is 0. The van der Waals surface area contributed by atoms with E-state index in [1.54, 1.807) is 11.3 Å². The SMILES string of the molecule is Cc1ccc(C(=O)N(CCN2CCOCC2)CC2CN(Cc3ccsc3)CCO2)cc1. The zero-order chi connectivity index (χ0) is 21.5. The van der Waals surface area contributed by atoms with E-state index in [4.69, 9.17) is 9.47 Å². The first kappa shape index (κ1) is 22.4. The predicted molar refractivity (Wildman–Crippen MR) is 124 cm³/mol. The second kappa shape index (κ2) is 11.2. The maximum atomic E-state index is 13.4. The highest BCUT2D eigenvalue weighted by Gasteiger charge is 2.26. The maximum Gasteiger partial charge on any atom is 0.253 e. The van der Waals surface area contributed by atoms with E-state index in [9.17, 15) is 4.79 Å². The van der Waals surface area contributed by atoms with Crippen LogP contribution in [0.1, 0.15) is 21.5 Å². The average Bonchev–Trinajstić information content (AvgIpc) is 3.31. The van der Waals surface area contributed by atoms with E-state index in [0.717, 1.165) is 63.6 Å². The summed E-state index contributed by atoms with van der Waals surface area (Å²) in [4.78, 5) is 20.2. The molecule has 1 aromatic heterocycles. The third kappa shape index (κ3) is 6.60. The van der Waals surface area contributed by atoms with Gasteiger partial charge >= 0.3 is 0 Å². The molecule has 0 aliphatic carbocycles. The Kier molecular flexibility index (Phi) is 8.10. The standard InChI is InChI=1S/C24H33N3O3S/c1-20-2-4-22(5-3-20)24(28)27(8-7-25-9-12-29-13-10-25)18-23-17-26(11-14-30-23)16-21-6-15-31-19-21/h2-6,15,19,23H,7-14,16-18H2,1H3. The van der Waals surface area contributed by atoms with Gasteiger partial charge in [-0.05, 0) is 41.4 Å². The van der Waals surface area contributed by atoms with Crippen molar-refractivity contribution < 1.29 is 14.3 Å². The first-order valence-electron chi connectivity index (χ1n) is 11.2. The lowest BCUT2D eigenvalue weighted by molar-refractivity contribution is -0.0443. The summed E-state index contributed by atoms with van der Waals surface area (Å²) < 4.78 is 11.6. The lowest BCUT2D eigenvalue weighted by Gasteiger charge is -2.36. The van der Waals surface area contributed by atoms with Crippen LogP contribution in [0.3, 0.4) is 0 Å². The molecule has 7 heteroatoms. The van der Waals surface area contributed by atoms with E-state index in [0.29, 0.717) is 19.7 Å². The molecule has 1 unspecified atom stereocenters. The Morgan fingerprint density at radius 3 is 2.61 bits per heavy atom. The van der Waals surface area contributed by atoms with Crippen LogP contribution in [0.5, 0.6) is 0 Å². The summed E-state index contributed by atoms with van der Waals surface area (Å²) in [5, 5.41) is 4.33. The van der Waals surface area contributed by atoms with Crippen molar-refractivity contribution in [3.63, 3.8) is 0 Å². The molecule has 168 valence electrons. The van der Waals surface area contributed by atoms with Gasteiger partial charge in [0.2, 0.25) is 0 Å². The second-order valence-corrected chi connectivity index (χ2v) is 9.21. The van der Waals surface area contributed by atoms with Gasteiger partial charge in [-0.3, -0.25) is 14.6 Å². The molecule has 2 aliphatic heterocycles. The van der Waals surface area contributed by atoms with E-state index < -0.39 is 0 Å². The van der Waals surface area contributed by atoms with Gasteiger partial charge in [-0.15, -0.1) is 0 Å². The predicted octanol–water partition coefficient (Wildman–Crippen LogP) is 2.73. The fraction of sp³-hybridized carbons (Fsp3) is 0.542. The van der Waals surface area contributed by atoms with Crippen molar-refractivity contribution in [1.82, 2.24) is 14.7 Å². The number of benzene rings is 1. The van der Waals surface area contributed by atoms with Gasteiger partial charge in [0.25, 0.3) is 5.91 Å². The molecule has 3 heterocycles. The number of nitrogens with zero attached hydrogens (tertiary/aromatic N) is 3. The van der Waals surface area contributed by atoms with Crippen LogP contribution in [-0.2, 0) is 16.0 Å². The molecule has 1 aromatic carbocycles. The van der Waals surface area contributed by atoms with Crippen LogP contribution in [0, 0.1) is 6.92 Å². The van der Waals surface area contributed by atoms with Crippen molar-refractivity contribution in [2.45, 2.75) is 19.6 Å². The van der Waals surface area contributed by atoms with E-state index in [-0.39, 0.29) is 12.0 Å². The number of aryl methyl sites for hydroxylation is 1. The number of amides is 1. The molecule has 0 saturated carbocycles. The van der Waals surface area contributed by atoms with Crippen molar-refractivity contribution in [2.75, 3.05) is 65.6 Å². The fourth-order valence-electron chi connectivity index (χ4n) is 4.16. The summed E-state index contributed by atoms with van der Waals surface area (Å²) >= 11 is 1.74. The Hall–Kier alpha value is -1.77. The number of hydrogen-bond acceptors (Lipinski definition) is 6. The summed E-state index contributed by atoms with van der Waals surface area (Å²) in [5.74, 6) is 0.0896. The highest BCUT2D eigenvalue weighted by molar-refractivity contribution is 7.07. The minimum absolute atomic E-state index is 0.0338. The topological polar surface area (TPSA) is 45.2 Å². The Labute approximate surface area is 189 Å². The van der Waals surface area contributed by atoms with Crippen LogP contribution < -0.4 is 0 Å². The Bertz CT molecular complexity index is 806. The van der Waals surface area contributed by atoms with Gasteiger partial charge in [-0.25, -0.2) is 0 Å². The third-order valence-corrected chi connectivity index (χ3v) is 6.74. The van der Waals surface area contributed by atoms with E-state index in [1.807, 2.05) is 36.1 Å². The van der Waals surface area contributed by atoms with Crippen molar-refractivity contribution >= 4 is 17.2 Å². The minimum Gasteiger partial charge on any atom is -0.379 e. The van der Waals surface area contributed by atoms with Crippen molar-refractivity contribution in [3.05, 3.63) is 57.8 Å². The molecular weight excluding hydrogens is 410 g/mol. The van der Waals surface area contributed by atoms with Gasteiger partial charge in [-0.1, -0.05) is 17.7 Å². The molecule has 31 heavy (non-hydrogen) atoms. The van der Waals surface area contributed by atoms with Crippen LogP contribution in [0.2, 0.25) is 0 Å². The number of rotatable bonds is 8. The first-order chi connectivity index (χ1) is 15.2. The van der Waals surface area contributed by atoms with Crippen LogP contribution >= 0.6 is 11.3 Å². The Balaban J connectivity index is 1.39. The van der Waals surface area contributed by atoms with Gasteiger partial charge in [0.1, 0.15) is 0 Å².